The van der Waals surface area contributed by atoms with Crippen molar-refractivity contribution < 1.29 is 33.5 Å². The fourth-order valence-corrected chi connectivity index (χ4v) is 6.79. The van der Waals surface area contributed by atoms with Crippen molar-refractivity contribution in [2.45, 2.75) is 70.3 Å². The number of rotatable bonds is 38. The Morgan fingerprint density at radius 2 is 1.00 bits per heavy atom. The first kappa shape index (κ1) is 60.9. The Morgan fingerprint density at radius 3 is 1.47 bits per heavy atom. The van der Waals surface area contributed by atoms with Crippen LogP contribution in [0.5, 0.6) is 5.75 Å². The molecule has 27 nitrogen and oxygen atoms in total. The lowest BCUT2D eigenvalue weighted by atomic mass is 10.1. The number of primary amides is 1. The minimum Gasteiger partial charge on any atom is -0.496 e. The zero-order valence-electron chi connectivity index (χ0n) is 40.8. The second-order valence-electron chi connectivity index (χ2n) is 16.2. The molecule has 0 aromatic heterocycles. The fraction of sp³-hybridized carbons (Fsp3) is 0.628. The van der Waals surface area contributed by atoms with E-state index in [9.17, 15) is 28.8 Å². The summed E-state index contributed by atoms with van der Waals surface area (Å²) >= 11 is 0. The molecule has 1 aromatic carbocycles. The van der Waals surface area contributed by atoms with Gasteiger partial charge in [-0.3, -0.25) is 48.7 Å². The summed E-state index contributed by atoms with van der Waals surface area (Å²) < 4.78 is 5.54. The van der Waals surface area contributed by atoms with Gasteiger partial charge in [0.05, 0.1) is 39.8 Å². The maximum atomic E-state index is 14.6. The van der Waals surface area contributed by atoms with Crippen molar-refractivity contribution in [3.05, 3.63) is 29.8 Å². The number of nitrogens with one attached hydrogen (secondary N) is 2. The number of methoxy groups -OCH3 is 1. The SMILES string of the molecule is COc1ccccc1CCN(CC(=O)N(CCCN=C(N)N)CC(=O)N[C@H](CCCN=C(N)N)C(N)=O)C(=O)CN(CCCN=C(N)N)C(=O)CN(CCCN=C(N)N)C(=O)CNCCCCCCN. The number of aliphatic imine (C=N–C) groups is 4. The van der Waals surface area contributed by atoms with Crippen molar-refractivity contribution in [2.75, 3.05) is 105 Å². The number of hydrogen-bond donors (Lipinski definition) is 12. The second-order valence-corrected chi connectivity index (χ2v) is 16.2. The molecule has 0 saturated heterocycles. The lowest BCUT2D eigenvalue weighted by Gasteiger charge is -2.31. The minimum absolute atomic E-state index is 0.00317. The van der Waals surface area contributed by atoms with Gasteiger partial charge >= 0.3 is 0 Å². The molecule has 0 spiro atoms. The molecule has 70 heavy (non-hydrogen) atoms. The summed E-state index contributed by atoms with van der Waals surface area (Å²) in [5, 5.41) is 5.71. The van der Waals surface area contributed by atoms with Gasteiger partial charge in [0.15, 0.2) is 23.8 Å². The van der Waals surface area contributed by atoms with E-state index < -0.39 is 61.8 Å². The van der Waals surface area contributed by atoms with Crippen LogP contribution in [0, 0.1) is 0 Å². The highest BCUT2D eigenvalue weighted by Crippen LogP contribution is 2.18. The van der Waals surface area contributed by atoms with Gasteiger partial charge in [0.25, 0.3) is 0 Å². The standard InChI is InChI=1S/C43H80N20O7/c1-70-33-14-5-4-12-31(33)15-25-63(30-36(66)60(22-9-19-56-41(48)49)27-34(64)59-32(39(45)69)13-8-18-55-40(46)47)38(68)29-62(24-11-21-58-43(52)53)37(67)28-61(23-10-20-57-42(50)51)35(65)26-54-17-7-3-2-6-16-44/h4-5,12,14,32,54H,2-3,6-11,13,15-30,44H2,1H3,(H2,45,69)(H,59,64)(H4,46,47,55)(H4,48,49,56)(H4,50,51,57)(H4,52,53,58)/t32-/m1/s1. The molecule has 0 aliphatic heterocycles. The number of unbranched alkanes of at least 4 members (excludes halogenated alkanes) is 3. The monoisotopic (exact) mass is 989 g/mol. The zero-order chi connectivity index (χ0) is 52.3. The van der Waals surface area contributed by atoms with Crippen LogP contribution in [0.3, 0.4) is 0 Å². The summed E-state index contributed by atoms with van der Waals surface area (Å²) in [7, 11) is 1.50. The molecule has 6 amide bonds. The third-order valence-corrected chi connectivity index (χ3v) is 10.4. The highest BCUT2D eigenvalue weighted by Gasteiger charge is 2.28. The molecular weight excluding hydrogens is 909 g/mol. The van der Waals surface area contributed by atoms with Crippen molar-refractivity contribution in [1.29, 1.82) is 0 Å². The smallest absolute Gasteiger partial charge is 0.242 e. The van der Waals surface area contributed by atoms with Gasteiger partial charge in [-0.15, -0.1) is 0 Å². The highest BCUT2D eigenvalue weighted by atomic mass is 16.5. The van der Waals surface area contributed by atoms with Gasteiger partial charge < -0.3 is 92.3 Å². The molecule has 27 heteroatoms. The third kappa shape index (κ3) is 28.2. The summed E-state index contributed by atoms with van der Waals surface area (Å²) in [6.07, 6.45) is 5.10. The van der Waals surface area contributed by atoms with E-state index >= 15 is 0 Å². The van der Waals surface area contributed by atoms with Crippen molar-refractivity contribution in [3.63, 3.8) is 0 Å². The van der Waals surface area contributed by atoms with Crippen LogP contribution in [0.15, 0.2) is 44.2 Å². The zero-order valence-corrected chi connectivity index (χ0v) is 40.8. The van der Waals surface area contributed by atoms with Crippen LogP contribution < -0.4 is 72.7 Å². The van der Waals surface area contributed by atoms with E-state index in [1.54, 1.807) is 18.2 Å². The molecule has 1 rings (SSSR count). The molecule has 0 bridgehead atoms. The average Bonchev–Trinajstić information content (AvgIpc) is 3.30. The molecule has 0 unspecified atom stereocenters. The minimum atomic E-state index is -1.10. The van der Waals surface area contributed by atoms with Crippen LogP contribution in [0.2, 0.25) is 0 Å². The topological polar surface area (TPSA) is 458 Å². The molecule has 0 aliphatic carbocycles. The number of nitrogens with two attached hydrogens (primary N) is 10. The molecule has 1 aromatic rings. The Labute approximate surface area is 410 Å². The van der Waals surface area contributed by atoms with Crippen LogP contribution in [-0.2, 0) is 35.2 Å². The quantitative estimate of drug-likeness (QED) is 0.0167. The van der Waals surface area contributed by atoms with Gasteiger partial charge in [-0.1, -0.05) is 31.0 Å². The summed E-state index contributed by atoms with van der Waals surface area (Å²) in [6, 6.07) is 6.04. The van der Waals surface area contributed by atoms with Crippen molar-refractivity contribution >= 4 is 59.3 Å². The first-order valence-electron chi connectivity index (χ1n) is 23.3. The van der Waals surface area contributed by atoms with E-state index in [1.165, 1.54) is 26.7 Å². The molecule has 0 radical (unpaired) electrons. The lowest BCUT2D eigenvalue weighted by molar-refractivity contribution is -0.146. The van der Waals surface area contributed by atoms with Crippen LogP contribution in [0.25, 0.3) is 0 Å². The summed E-state index contributed by atoms with van der Waals surface area (Å²) in [6.45, 7) is -0.159. The van der Waals surface area contributed by atoms with E-state index in [2.05, 4.69) is 30.6 Å². The number of nitrogens with zero attached hydrogens (tertiary/aromatic N) is 8. The van der Waals surface area contributed by atoms with Crippen molar-refractivity contribution in [1.82, 2.24) is 30.2 Å². The van der Waals surface area contributed by atoms with Crippen molar-refractivity contribution in [3.8, 4) is 5.75 Å². The number of guanidine groups is 4. The Bertz CT molecular complexity index is 1880. The second kappa shape index (κ2) is 35.9. The molecule has 0 aliphatic rings. The predicted octanol–water partition coefficient (Wildman–Crippen LogP) is -5.32. The number of amides is 6. The molecule has 1 atom stereocenters. The Morgan fingerprint density at radius 1 is 0.557 bits per heavy atom. The number of benzene rings is 1. The number of carbonyl (C=O) groups is 6. The first-order chi connectivity index (χ1) is 33.4. The number of ether oxygens (including phenoxy) is 1. The largest absolute Gasteiger partial charge is 0.496 e. The first-order valence-corrected chi connectivity index (χ1v) is 23.3. The predicted molar refractivity (Wildman–Crippen MR) is 270 cm³/mol. The van der Waals surface area contributed by atoms with Gasteiger partial charge in [0.2, 0.25) is 35.4 Å². The van der Waals surface area contributed by atoms with E-state index in [0.29, 0.717) is 31.7 Å². The van der Waals surface area contributed by atoms with Gasteiger partial charge in [-0.25, -0.2) is 0 Å². The van der Waals surface area contributed by atoms with E-state index in [1.807, 2.05) is 6.07 Å². The van der Waals surface area contributed by atoms with Crippen LogP contribution in [0.4, 0.5) is 0 Å². The molecule has 22 N–H and O–H groups in total. The Kier molecular flexibility index (Phi) is 31.2. The summed E-state index contributed by atoms with van der Waals surface area (Å²) in [5.41, 5.74) is 55.8. The van der Waals surface area contributed by atoms with E-state index in [4.69, 9.17) is 62.1 Å². The van der Waals surface area contributed by atoms with Gasteiger partial charge in [0, 0.05) is 52.4 Å². The molecule has 0 heterocycles. The van der Waals surface area contributed by atoms with Gasteiger partial charge in [-0.2, -0.15) is 0 Å². The van der Waals surface area contributed by atoms with E-state index in [-0.39, 0.29) is 114 Å². The maximum absolute atomic E-state index is 14.6. The van der Waals surface area contributed by atoms with Gasteiger partial charge in [-0.05, 0) is 76.1 Å². The maximum Gasteiger partial charge on any atom is 0.242 e. The molecular formula is C43H80N20O7. The number of hydrogen-bond acceptors (Lipinski definition) is 13. The van der Waals surface area contributed by atoms with Crippen molar-refractivity contribution in [2.24, 2.45) is 77.3 Å². The molecule has 394 valence electrons. The van der Waals surface area contributed by atoms with E-state index in [0.717, 1.165) is 31.2 Å². The summed E-state index contributed by atoms with van der Waals surface area (Å²) in [4.78, 5) is 104. The molecule has 0 fully saturated rings. The molecule has 0 saturated carbocycles. The average molecular weight is 989 g/mol. The Balaban J connectivity index is 3.57. The highest BCUT2D eigenvalue weighted by molar-refractivity contribution is 5.92. The summed E-state index contributed by atoms with van der Waals surface area (Å²) in [5.74, 6) is -3.76. The van der Waals surface area contributed by atoms with Gasteiger partial charge in [0.1, 0.15) is 11.8 Å². The normalized spacial score (nSPS) is 11.0. The van der Waals surface area contributed by atoms with Crippen LogP contribution in [-0.4, -0.2) is 190 Å². The van der Waals surface area contributed by atoms with Crippen LogP contribution in [0.1, 0.15) is 63.4 Å². The fourth-order valence-electron chi connectivity index (χ4n) is 6.79. The Hall–Kier alpha value is -7.16. The lowest BCUT2D eigenvalue weighted by Crippen LogP contribution is -2.52. The number of para-hydroxylation sites is 1. The number of carbonyl (C=O) groups excluding carboxylic acids is 6. The van der Waals surface area contributed by atoms with Crippen LogP contribution >= 0.6 is 0 Å². The third-order valence-electron chi connectivity index (χ3n) is 10.4.